The van der Waals surface area contributed by atoms with Crippen molar-refractivity contribution in [2.75, 3.05) is 11.0 Å². The first-order valence-corrected chi connectivity index (χ1v) is 12.9. The molecule has 0 unspecified atom stereocenters. The minimum absolute atomic E-state index is 0.242. The van der Waals surface area contributed by atoms with Gasteiger partial charge < -0.3 is 0 Å². The second kappa shape index (κ2) is 7.83. The summed E-state index contributed by atoms with van der Waals surface area (Å²) < 4.78 is 52.4. The molecule has 0 amide bonds. The average Bonchev–Trinajstić information content (AvgIpc) is 3.09. The van der Waals surface area contributed by atoms with Gasteiger partial charge >= 0.3 is 0 Å². The van der Waals surface area contributed by atoms with Crippen LogP contribution >= 0.6 is 23.2 Å². The normalized spacial score (nSPS) is 12.2. The zero-order valence-electron chi connectivity index (χ0n) is 15.9. The van der Waals surface area contributed by atoms with E-state index in [1.807, 2.05) is 0 Å². The fourth-order valence-electron chi connectivity index (χ4n) is 3.18. The summed E-state index contributed by atoms with van der Waals surface area (Å²) in [7, 11) is -7.92. The first-order valence-electron chi connectivity index (χ1n) is 8.81. The van der Waals surface area contributed by atoms with Gasteiger partial charge in [-0.05, 0) is 48.5 Å². The Hall–Kier alpha value is -2.59. The molecule has 0 aliphatic rings. The molecule has 7 nitrogen and oxygen atoms in total. The number of halogens is 2. The molecule has 0 spiro atoms. The second-order valence-corrected chi connectivity index (χ2v) is 11.3. The lowest BCUT2D eigenvalue weighted by molar-refractivity contribution is 0.588. The van der Waals surface area contributed by atoms with E-state index in [0.717, 1.165) is 6.26 Å². The minimum Gasteiger partial charge on any atom is -0.280 e. The van der Waals surface area contributed by atoms with E-state index in [0.29, 0.717) is 32.2 Å². The Morgan fingerprint density at radius 3 is 2.16 bits per heavy atom. The van der Waals surface area contributed by atoms with Crippen molar-refractivity contribution in [2.45, 2.75) is 9.79 Å². The molecule has 0 bridgehead atoms. The molecule has 0 radical (unpaired) electrons. The summed E-state index contributed by atoms with van der Waals surface area (Å²) >= 11 is 12.2. The molecule has 4 aromatic rings. The maximum absolute atomic E-state index is 13.0. The van der Waals surface area contributed by atoms with Crippen molar-refractivity contribution in [1.82, 2.24) is 10.2 Å². The molecule has 1 aromatic heterocycles. The largest absolute Gasteiger partial charge is 0.280 e. The molecule has 31 heavy (non-hydrogen) atoms. The number of sulfonamides is 1. The number of nitrogens with zero attached hydrogens (tertiary/aromatic N) is 1. The van der Waals surface area contributed by atoms with E-state index in [1.165, 1.54) is 24.3 Å². The predicted octanol–water partition coefficient (Wildman–Crippen LogP) is 4.74. The van der Waals surface area contributed by atoms with Crippen molar-refractivity contribution >= 4 is 59.7 Å². The molecule has 0 fully saturated rings. The van der Waals surface area contributed by atoms with Crippen LogP contribution in [-0.2, 0) is 19.9 Å². The summed E-state index contributed by atoms with van der Waals surface area (Å²) in [6.45, 7) is 0. The van der Waals surface area contributed by atoms with Crippen LogP contribution < -0.4 is 4.72 Å². The van der Waals surface area contributed by atoms with Crippen molar-refractivity contribution in [3.05, 3.63) is 70.7 Å². The monoisotopic (exact) mass is 495 g/mol. The Balaban J connectivity index is 1.78. The summed E-state index contributed by atoms with van der Waals surface area (Å²) in [6, 6.07) is 15.2. The number of hydrogen-bond donors (Lipinski definition) is 2. The Morgan fingerprint density at radius 2 is 1.52 bits per heavy atom. The number of nitrogens with one attached hydrogen (secondary N) is 2. The van der Waals surface area contributed by atoms with Crippen LogP contribution in [0, 0.1) is 0 Å². The number of hydrogen-bond acceptors (Lipinski definition) is 5. The van der Waals surface area contributed by atoms with Crippen molar-refractivity contribution in [1.29, 1.82) is 0 Å². The van der Waals surface area contributed by atoms with Crippen molar-refractivity contribution in [2.24, 2.45) is 0 Å². The number of sulfone groups is 1. The molecule has 0 aliphatic carbocycles. The van der Waals surface area contributed by atoms with Gasteiger partial charge in [-0.15, -0.1) is 0 Å². The van der Waals surface area contributed by atoms with Gasteiger partial charge in [-0.25, -0.2) is 16.8 Å². The molecular formula is C20H15Cl2N3O4S2. The molecule has 1 heterocycles. The number of aromatic nitrogens is 2. The maximum atomic E-state index is 13.0. The van der Waals surface area contributed by atoms with Gasteiger partial charge in [-0.3, -0.25) is 9.82 Å². The van der Waals surface area contributed by atoms with Gasteiger partial charge in [0.15, 0.2) is 9.84 Å². The van der Waals surface area contributed by atoms with Crippen LogP contribution in [0.4, 0.5) is 5.69 Å². The molecule has 3 aromatic carbocycles. The quantitative estimate of drug-likeness (QED) is 0.415. The second-order valence-electron chi connectivity index (χ2n) is 6.82. The first-order chi connectivity index (χ1) is 14.5. The highest BCUT2D eigenvalue weighted by Crippen LogP contribution is 2.33. The highest BCUT2D eigenvalue weighted by atomic mass is 35.5. The number of anilines is 1. The smallest absolute Gasteiger partial charge is 0.263 e. The topological polar surface area (TPSA) is 109 Å². The Kier molecular flexibility index (Phi) is 5.47. The molecule has 11 heteroatoms. The average molecular weight is 496 g/mol. The fourth-order valence-corrected chi connectivity index (χ4v) is 6.38. The first kappa shape index (κ1) is 21.6. The molecule has 0 saturated heterocycles. The molecule has 160 valence electrons. The Bertz CT molecular complexity index is 1510. The Morgan fingerprint density at radius 1 is 0.871 bits per heavy atom. The highest BCUT2D eigenvalue weighted by Gasteiger charge is 2.24. The third-order valence-corrected chi connectivity index (χ3v) is 7.65. The van der Waals surface area contributed by atoms with E-state index in [4.69, 9.17) is 23.2 Å². The van der Waals surface area contributed by atoms with Crippen LogP contribution in [0.25, 0.3) is 22.2 Å². The van der Waals surface area contributed by atoms with Crippen molar-refractivity contribution in [3.8, 4) is 11.3 Å². The molecule has 2 N–H and O–H groups in total. The lowest BCUT2D eigenvalue weighted by Gasteiger charge is -2.11. The van der Waals surface area contributed by atoms with Gasteiger partial charge in [-0.2, -0.15) is 5.10 Å². The predicted molar refractivity (Wildman–Crippen MR) is 122 cm³/mol. The third kappa shape index (κ3) is 4.40. The van der Waals surface area contributed by atoms with E-state index in [-0.39, 0.29) is 15.5 Å². The molecule has 0 aliphatic heterocycles. The van der Waals surface area contributed by atoms with Gasteiger partial charge in [0.2, 0.25) is 0 Å². The van der Waals surface area contributed by atoms with Crippen molar-refractivity contribution in [3.63, 3.8) is 0 Å². The minimum atomic E-state index is -4.17. The van der Waals surface area contributed by atoms with Crippen LogP contribution in [-0.4, -0.2) is 33.3 Å². The van der Waals surface area contributed by atoms with Gasteiger partial charge in [-0.1, -0.05) is 35.3 Å². The number of aromatic amines is 1. The summed E-state index contributed by atoms with van der Waals surface area (Å²) in [6.07, 6.45) is 0.960. The Labute approximate surface area is 189 Å². The molecule has 0 saturated carbocycles. The maximum Gasteiger partial charge on any atom is 0.263 e. The lowest BCUT2D eigenvalue weighted by Crippen LogP contribution is -2.16. The van der Waals surface area contributed by atoms with Crippen LogP contribution in [0.5, 0.6) is 0 Å². The number of rotatable bonds is 5. The van der Waals surface area contributed by atoms with E-state index in [1.54, 1.807) is 36.4 Å². The highest BCUT2D eigenvalue weighted by molar-refractivity contribution is 7.95. The van der Waals surface area contributed by atoms with Crippen molar-refractivity contribution < 1.29 is 16.8 Å². The van der Waals surface area contributed by atoms with Gasteiger partial charge in [0.1, 0.15) is 10.6 Å². The molecule has 0 atom stereocenters. The standard InChI is InChI=1S/C20H15Cl2N3O4S2/c1-30(26,27)18-4-2-3-5-19(18)31(28,29)25-15-6-7-17-16(11-15)20(24-23-17)12-8-13(21)10-14(22)9-12/h2-11,25H,1H3,(H,23,24). The summed E-state index contributed by atoms with van der Waals surface area (Å²) in [5, 5.41) is 8.68. The van der Waals surface area contributed by atoms with E-state index < -0.39 is 19.9 Å². The van der Waals surface area contributed by atoms with E-state index in [9.17, 15) is 16.8 Å². The SMILES string of the molecule is CS(=O)(=O)c1ccccc1S(=O)(=O)Nc1ccc2[nH]nc(-c3cc(Cl)cc(Cl)c3)c2c1. The van der Waals surface area contributed by atoms with Gasteiger partial charge in [0.05, 0.1) is 10.4 Å². The number of fused-ring (bicyclic) bond motifs is 1. The zero-order valence-corrected chi connectivity index (χ0v) is 19.1. The van der Waals surface area contributed by atoms with Crippen LogP contribution in [0.3, 0.4) is 0 Å². The summed E-state index contributed by atoms with van der Waals surface area (Å²) in [5.74, 6) is 0. The van der Waals surface area contributed by atoms with Crippen LogP contribution in [0.1, 0.15) is 0 Å². The zero-order chi connectivity index (χ0) is 22.4. The number of H-pyrrole nitrogens is 1. The number of benzene rings is 3. The van der Waals surface area contributed by atoms with E-state index >= 15 is 0 Å². The van der Waals surface area contributed by atoms with Gasteiger partial charge in [0, 0.05) is 32.9 Å². The van der Waals surface area contributed by atoms with E-state index in [2.05, 4.69) is 14.9 Å². The van der Waals surface area contributed by atoms with Crippen LogP contribution in [0.2, 0.25) is 10.0 Å². The van der Waals surface area contributed by atoms with Crippen LogP contribution in [0.15, 0.2) is 70.5 Å². The lowest BCUT2D eigenvalue weighted by atomic mass is 10.1. The fraction of sp³-hybridized carbons (Fsp3) is 0.0500. The molecular weight excluding hydrogens is 481 g/mol. The van der Waals surface area contributed by atoms with Gasteiger partial charge in [0.25, 0.3) is 10.0 Å². The summed E-state index contributed by atoms with van der Waals surface area (Å²) in [5.41, 5.74) is 2.11. The summed E-state index contributed by atoms with van der Waals surface area (Å²) in [4.78, 5) is -0.604. The molecule has 4 rings (SSSR count). The third-order valence-electron chi connectivity index (χ3n) is 4.49.